The van der Waals surface area contributed by atoms with Crippen LogP contribution in [0.3, 0.4) is 0 Å². The minimum absolute atomic E-state index is 0.00350. The van der Waals surface area contributed by atoms with Crippen molar-refractivity contribution in [1.82, 2.24) is 14.3 Å². The van der Waals surface area contributed by atoms with Crippen LogP contribution in [0.1, 0.15) is 51.0 Å². The second kappa shape index (κ2) is 8.97. The van der Waals surface area contributed by atoms with Crippen LogP contribution in [0.15, 0.2) is 58.2 Å². The van der Waals surface area contributed by atoms with Gasteiger partial charge in [-0.25, -0.2) is 23.0 Å². The number of benzene rings is 2. The molecule has 0 amide bonds. The molecule has 0 atom stereocenters. The van der Waals surface area contributed by atoms with Crippen LogP contribution in [0.4, 0.5) is 0 Å². The van der Waals surface area contributed by atoms with Gasteiger partial charge in [0.25, 0.3) is 0 Å². The Hall–Kier alpha value is -2.71. The summed E-state index contributed by atoms with van der Waals surface area (Å²) in [6.07, 6.45) is 2.75. The van der Waals surface area contributed by atoms with Crippen molar-refractivity contribution in [2.75, 3.05) is 0 Å². The first-order valence-electron chi connectivity index (χ1n) is 10.1. The Morgan fingerprint density at radius 1 is 1.07 bits per heavy atom. The van der Waals surface area contributed by atoms with Crippen molar-refractivity contribution in [2.24, 2.45) is 5.14 Å². The summed E-state index contributed by atoms with van der Waals surface area (Å²) >= 11 is 0. The second-order valence-electron chi connectivity index (χ2n) is 7.66. The number of rotatable bonds is 8. The van der Waals surface area contributed by atoms with Crippen molar-refractivity contribution in [1.29, 1.82) is 0 Å². The van der Waals surface area contributed by atoms with Gasteiger partial charge in [-0.15, -0.1) is 0 Å². The molecule has 30 heavy (non-hydrogen) atoms. The van der Waals surface area contributed by atoms with E-state index in [2.05, 4.69) is 12.0 Å². The highest BCUT2D eigenvalue weighted by molar-refractivity contribution is 7.89. The van der Waals surface area contributed by atoms with E-state index in [1.54, 1.807) is 22.8 Å². The molecule has 3 rings (SSSR count). The van der Waals surface area contributed by atoms with Gasteiger partial charge in [0.1, 0.15) is 5.82 Å². The molecule has 0 aliphatic rings. The van der Waals surface area contributed by atoms with E-state index in [9.17, 15) is 13.2 Å². The molecule has 0 saturated carbocycles. The van der Waals surface area contributed by atoms with Crippen LogP contribution in [0.2, 0.25) is 0 Å². The van der Waals surface area contributed by atoms with Crippen LogP contribution in [0, 0.1) is 0 Å². The highest BCUT2D eigenvalue weighted by Crippen LogP contribution is 2.26. The topological polar surface area (TPSA) is 100.0 Å². The van der Waals surface area contributed by atoms with E-state index in [0.29, 0.717) is 12.1 Å². The Balaban J connectivity index is 1.93. The Bertz CT molecular complexity index is 1180. The van der Waals surface area contributed by atoms with E-state index >= 15 is 0 Å². The second-order valence-corrected chi connectivity index (χ2v) is 9.19. The van der Waals surface area contributed by atoms with Gasteiger partial charge in [-0.1, -0.05) is 55.8 Å². The largest absolute Gasteiger partial charge is 0.346 e. The summed E-state index contributed by atoms with van der Waals surface area (Å²) in [4.78, 5) is 12.9. The number of sulfonamides is 1. The van der Waals surface area contributed by atoms with E-state index in [1.165, 1.54) is 10.7 Å². The fraction of sp³-hybridized carbons (Fsp3) is 0.364. The molecule has 0 bridgehead atoms. The first kappa shape index (κ1) is 22.0. The zero-order chi connectivity index (χ0) is 21.9. The maximum atomic E-state index is 12.8. The van der Waals surface area contributed by atoms with Crippen molar-refractivity contribution in [3.8, 4) is 11.1 Å². The summed E-state index contributed by atoms with van der Waals surface area (Å²) in [5, 5.41) is 9.89. The molecule has 1 heterocycles. The molecule has 8 heteroatoms. The third-order valence-electron chi connectivity index (χ3n) is 5.00. The van der Waals surface area contributed by atoms with Crippen LogP contribution in [0.5, 0.6) is 0 Å². The average Bonchev–Trinajstić information content (AvgIpc) is 3.02. The van der Waals surface area contributed by atoms with Gasteiger partial charge in [0, 0.05) is 12.0 Å². The maximum Gasteiger partial charge on any atom is 0.346 e. The molecular formula is C22H28N4O3S. The van der Waals surface area contributed by atoms with Gasteiger partial charge < -0.3 is 0 Å². The summed E-state index contributed by atoms with van der Waals surface area (Å²) in [7, 11) is -3.82. The summed E-state index contributed by atoms with van der Waals surface area (Å²) < 4.78 is 27.0. The van der Waals surface area contributed by atoms with Gasteiger partial charge >= 0.3 is 5.69 Å². The summed E-state index contributed by atoms with van der Waals surface area (Å²) in [6.45, 7) is 6.42. The first-order chi connectivity index (χ1) is 14.2. The van der Waals surface area contributed by atoms with E-state index < -0.39 is 10.0 Å². The number of primary sulfonamides is 1. The monoisotopic (exact) mass is 428 g/mol. The quantitative estimate of drug-likeness (QED) is 0.595. The molecule has 1 aromatic heterocycles. The molecule has 0 radical (unpaired) electrons. The van der Waals surface area contributed by atoms with Crippen molar-refractivity contribution in [3.63, 3.8) is 0 Å². The molecule has 0 saturated heterocycles. The molecule has 0 fully saturated rings. The molecule has 2 N–H and O–H groups in total. The third-order valence-corrected chi connectivity index (χ3v) is 5.97. The SMILES string of the molecule is CCCCc1nn(C(C)C)c(=O)n1Cc1ccc(-c2ccccc2S(N)(=O)=O)cc1. The molecule has 7 nitrogen and oxygen atoms in total. The van der Waals surface area contributed by atoms with E-state index in [0.717, 1.165) is 36.2 Å². The summed E-state index contributed by atoms with van der Waals surface area (Å²) in [6, 6.07) is 14.2. The molecule has 0 aliphatic heterocycles. The van der Waals surface area contributed by atoms with Crippen molar-refractivity contribution < 1.29 is 8.42 Å². The Morgan fingerprint density at radius 3 is 2.33 bits per heavy atom. The van der Waals surface area contributed by atoms with Gasteiger partial charge in [0.05, 0.1) is 17.5 Å². The number of nitrogens with zero attached hydrogens (tertiary/aromatic N) is 3. The molecular weight excluding hydrogens is 400 g/mol. The van der Waals surface area contributed by atoms with E-state index in [4.69, 9.17) is 5.14 Å². The standard InChI is InChI=1S/C22H28N4O3S/c1-4-5-10-21-24-26(16(2)3)22(27)25(21)15-17-11-13-18(14-12-17)19-8-6-7-9-20(19)30(23,28)29/h6-9,11-14,16H,4-5,10,15H2,1-3H3,(H2,23,28,29). The normalized spacial score (nSPS) is 11.9. The molecule has 2 aromatic carbocycles. The zero-order valence-corrected chi connectivity index (χ0v) is 18.4. The van der Waals surface area contributed by atoms with Crippen LogP contribution < -0.4 is 10.8 Å². The van der Waals surface area contributed by atoms with E-state index in [1.807, 2.05) is 38.1 Å². The Labute approximate surface area is 177 Å². The number of unbranched alkanes of at least 4 members (excludes halogenated alkanes) is 1. The summed E-state index contributed by atoms with van der Waals surface area (Å²) in [5.74, 6) is 0.791. The molecule has 160 valence electrons. The van der Waals surface area contributed by atoms with Gasteiger partial charge in [-0.05, 0) is 37.5 Å². The Kier molecular flexibility index (Phi) is 6.58. The summed E-state index contributed by atoms with van der Waals surface area (Å²) in [5.41, 5.74) is 2.13. The van der Waals surface area contributed by atoms with Gasteiger partial charge in [0.15, 0.2) is 0 Å². The number of nitrogens with two attached hydrogens (primary N) is 1. The predicted octanol–water partition coefficient (Wildman–Crippen LogP) is 3.33. The van der Waals surface area contributed by atoms with Crippen LogP contribution in [-0.2, 0) is 23.0 Å². The van der Waals surface area contributed by atoms with Gasteiger partial charge in [-0.3, -0.25) is 4.57 Å². The van der Waals surface area contributed by atoms with Crippen molar-refractivity contribution in [3.05, 3.63) is 70.4 Å². The van der Waals surface area contributed by atoms with Crippen LogP contribution in [-0.4, -0.2) is 22.8 Å². The smallest absolute Gasteiger partial charge is 0.274 e. The average molecular weight is 429 g/mol. The number of aromatic nitrogens is 3. The molecule has 0 unspecified atom stereocenters. The lowest BCUT2D eigenvalue weighted by Crippen LogP contribution is -2.27. The number of aryl methyl sites for hydroxylation is 1. The van der Waals surface area contributed by atoms with Gasteiger partial charge in [-0.2, -0.15) is 5.10 Å². The number of hydrogen-bond donors (Lipinski definition) is 1. The lowest BCUT2D eigenvalue weighted by atomic mass is 10.0. The Morgan fingerprint density at radius 2 is 1.73 bits per heavy atom. The molecule has 0 aliphatic carbocycles. The third kappa shape index (κ3) is 4.71. The highest BCUT2D eigenvalue weighted by Gasteiger charge is 2.17. The minimum atomic E-state index is -3.82. The lowest BCUT2D eigenvalue weighted by Gasteiger charge is -2.10. The van der Waals surface area contributed by atoms with Gasteiger partial charge in [0.2, 0.25) is 10.0 Å². The molecule has 3 aromatic rings. The predicted molar refractivity (Wildman–Crippen MR) is 118 cm³/mol. The fourth-order valence-electron chi connectivity index (χ4n) is 3.40. The first-order valence-corrected chi connectivity index (χ1v) is 11.7. The van der Waals surface area contributed by atoms with Crippen molar-refractivity contribution >= 4 is 10.0 Å². The lowest BCUT2D eigenvalue weighted by molar-refractivity contribution is 0.504. The minimum Gasteiger partial charge on any atom is -0.274 e. The van der Waals surface area contributed by atoms with Crippen LogP contribution in [0.25, 0.3) is 11.1 Å². The zero-order valence-electron chi connectivity index (χ0n) is 17.6. The molecule has 0 spiro atoms. The van der Waals surface area contributed by atoms with E-state index in [-0.39, 0.29) is 16.6 Å². The fourth-order valence-corrected chi connectivity index (χ4v) is 4.16. The van der Waals surface area contributed by atoms with Crippen molar-refractivity contribution in [2.45, 2.75) is 57.5 Å². The van der Waals surface area contributed by atoms with Crippen LogP contribution >= 0.6 is 0 Å². The number of hydrogen-bond acceptors (Lipinski definition) is 4. The maximum absolute atomic E-state index is 12.8. The highest BCUT2D eigenvalue weighted by atomic mass is 32.2.